The van der Waals surface area contributed by atoms with Crippen molar-refractivity contribution in [3.8, 4) is 16.9 Å². The van der Waals surface area contributed by atoms with Crippen LogP contribution in [0.4, 0.5) is 10.7 Å². The van der Waals surface area contributed by atoms with Crippen LogP contribution in [-0.2, 0) is 9.53 Å². The van der Waals surface area contributed by atoms with Crippen LogP contribution in [0.3, 0.4) is 0 Å². The molecule has 0 bridgehead atoms. The molecule has 0 aliphatic rings. The second-order valence-corrected chi connectivity index (χ2v) is 8.74. The van der Waals surface area contributed by atoms with Crippen molar-refractivity contribution in [1.82, 2.24) is 0 Å². The molecule has 11 heteroatoms. The van der Waals surface area contributed by atoms with Crippen molar-refractivity contribution in [1.29, 1.82) is 0 Å². The summed E-state index contributed by atoms with van der Waals surface area (Å²) in [5, 5.41) is 14.6. The summed E-state index contributed by atoms with van der Waals surface area (Å²) < 4.78 is 10.6. The predicted octanol–water partition coefficient (Wildman–Crippen LogP) is 6.13. The van der Waals surface area contributed by atoms with Gasteiger partial charge in [0, 0.05) is 27.6 Å². The van der Waals surface area contributed by atoms with Crippen LogP contribution in [0.15, 0.2) is 42.5 Å². The number of non-ortho nitro benzene ring substituents is 1. The Balaban J connectivity index is 1.88. The number of hydrogen-bond donors (Lipinski definition) is 1. The molecule has 0 spiro atoms. The number of esters is 1. The first kappa shape index (κ1) is 24.5. The van der Waals surface area contributed by atoms with Crippen LogP contribution in [0.5, 0.6) is 5.75 Å². The zero-order valence-corrected chi connectivity index (χ0v) is 19.8. The van der Waals surface area contributed by atoms with Gasteiger partial charge < -0.3 is 14.8 Å². The molecule has 1 heterocycles. The van der Waals surface area contributed by atoms with E-state index in [4.69, 9.17) is 32.7 Å². The Morgan fingerprint density at radius 3 is 2.45 bits per heavy atom. The highest BCUT2D eigenvalue weighted by atomic mass is 35.5. The van der Waals surface area contributed by atoms with Crippen molar-refractivity contribution in [2.24, 2.45) is 0 Å². The number of anilines is 1. The molecule has 0 radical (unpaired) electrons. The summed E-state index contributed by atoms with van der Waals surface area (Å²) in [5.74, 6) is -0.842. The lowest BCUT2D eigenvalue weighted by atomic mass is 10.0. The number of amides is 1. The standard InChI is InChI=1S/C22H18Cl2N2O6S/c1-3-31-22(28)20-19(13-4-7-15(8-5-13)26(29)30)12(2)33-21(20)25-18(27)11-32-17-9-6-14(23)10-16(17)24/h4-10H,3,11H2,1-2H3,(H,25,27). The minimum Gasteiger partial charge on any atom is -0.482 e. The van der Waals surface area contributed by atoms with E-state index in [1.54, 1.807) is 38.1 Å². The molecule has 33 heavy (non-hydrogen) atoms. The highest BCUT2D eigenvalue weighted by molar-refractivity contribution is 7.17. The summed E-state index contributed by atoms with van der Waals surface area (Å²) in [4.78, 5) is 36.5. The van der Waals surface area contributed by atoms with Gasteiger partial charge in [0.15, 0.2) is 6.61 Å². The average molecular weight is 509 g/mol. The van der Waals surface area contributed by atoms with Gasteiger partial charge in [-0.3, -0.25) is 14.9 Å². The molecule has 172 valence electrons. The zero-order chi connectivity index (χ0) is 24.1. The second kappa shape index (κ2) is 10.7. The van der Waals surface area contributed by atoms with Crippen molar-refractivity contribution < 1.29 is 24.0 Å². The Labute approximate surface area is 203 Å². The summed E-state index contributed by atoms with van der Waals surface area (Å²) >= 11 is 13.1. The number of halogens is 2. The highest BCUT2D eigenvalue weighted by Gasteiger charge is 2.26. The normalized spacial score (nSPS) is 10.5. The van der Waals surface area contributed by atoms with Crippen LogP contribution in [0.25, 0.3) is 11.1 Å². The monoisotopic (exact) mass is 508 g/mol. The Morgan fingerprint density at radius 2 is 1.85 bits per heavy atom. The maximum absolute atomic E-state index is 12.7. The molecule has 0 unspecified atom stereocenters. The Hall–Kier alpha value is -3.14. The van der Waals surface area contributed by atoms with Crippen LogP contribution in [0, 0.1) is 17.0 Å². The van der Waals surface area contributed by atoms with E-state index in [0.717, 1.165) is 4.88 Å². The maximum atomic E-state index is 12.7. The Bertz CT molecular complexity index is 1210. The highest BCUT2D eigenvalue weighted by Crippen LogP contribution is 2.41. The van der Waals surface area contributed by atoms with Gasteiger partial charge in [-0.15, -0.1) is 11.3 Å². The lowest BCUT2D eigenvalue weighted by Gasteiger charge is -2.10. The number of carbonyl (C=O) groups excluding carboxylic acids is 2. The van der Waals surface area contributed by atoms with Crippen LogP contribution >= 0.6 is 34.5 Å². The minimum atomic E-state index is -0.618. The van der Waals surface area contributed by atoms with E-state index < -0.39 is 16.8 Å². The number of aryl methyl sites for hydroxylation is 1. The van der Waals surface area contributed by atoms with E-state index in [2.05, 4.69) is 5.32 Å². The van der Waals surface area contributed by atoms with Crippen molar-refractivity contribution in [2.45, 2.75) is 13.8 Å². The number of nitro groups is 1. The zero-order valence-electron chi connectivity index (χ0n) is 17.5. The Morgan fingerprint density at radius 1 is 1.15 bits per heavy atom. The fraction of sp³-hybridized carbons (Fsp3) is 0.182. The molecule has 1 N–H and O–H groups in total. The molecule has 0 atom stereocenters. The van der Waals surface area contributed by atoms with Crippen molar-refractivity contribution in [3.05, 3.63) is 73.1 Å². The number of nitrogens with zero attached hydrogens (tertiary/aromatic N) is 1. The molecule has 8 nitrogen and oxygen atoms in total. The van der Waals surface area contributed by atoms with Gasteiger partial charge in [0.1, 0.15) is 16.3 Å². The number of thiophene rings is 1. The number of nitro benzene ring substituents is 1. The first-order valence-corrected chi connectivity index (χ1v) is 11.2. The van der Waals surface area contributed by atoms with Crippen LogP contribution in [0.2, 0.25) is 10.0 Å². The molecule has 0 saturated carbocycles. The topological polar surface area (TPSA) is 108 Å². The first-order chi connectivity index (χ1) is 15.7. The third kappa shape index (κ3) is 5.81. The van der Waals surface area contributed by atoms with E-state index >= 15 is 0 Å². The van der Waals surface area contributed by atoms with E-state index in [9.17, 15) is 19.7 Å². The summed E-state index contributed by atoms with van der Waals surface area (Å²) in [6.45, 7) is 3.24. The third-order valence-corrected chi connectivity index (χ3v) is 5.99. The molecular weight excluding hydrogens is 491 g/mol. The molecule has 0 saturated heterocycles. The number of hydrogen-bond acceptors (Lipinski definition) is 7. The van der Waals surface area contributed by atoms with Gasteiger partial charge >= 0.3 is 5.97 Å². The number of rotatable bonds is 8. The van der Waals surface area contributed by atoms with Crippen molar-refractivity contribution in [2.75, 3.05) is 18.5 Å². The molecule has 3 aromatic rings. The lowest BCUT2D eigenvalue weighted by molar-refractivity contribution is -0.384. The van der Waals surface area contributed by atoms with Gasteiger partial charge in [-0.05, 0) is 49.7 Å². The van der Waals surface area contributed by atoms with E-state index in [1.165, 1.54) is 29.5 Å². The minimum absolute atomic E-state index is 0.0733. The fourth-order valence-electron chi connectivity index (χ4n) is 3.03. The summed E-state index contributed by atoms with van der Waals surface area (Å²) in [6, 6.07) is 10.4. The van der Waals surface area contributed by atoms with Crippen LogP contribution < -0.4 is 10.1 Å². The van der Waals surface area contributed by atoms with Gasteiger partial charge in [-0.2, -0.15) is 0 Å². The Kier molecular flexibility index (Phi) is 7.91. The molecular formula is C22H18Cl2N2O6S. The predicted molar refractivity (Wildman–Crippen MR) is 128 cm³/mol. The summed E-state index contributed by atoms with van der Waals surface area (Å²) in [6.07, 6.45) is 0. The fourth-order valence-corrected chi connectivity index (χ4v) is 4.57. The van der Waals surface area contributed by atoms with E-state index in [-0.39, 0.29) is 40.2 Å². The summed E-state index contributed by atoms with van der Waals surface area (Å²) in [5.41, 5.74) is 1.22. The molecule has 2 aromatic carbocycles. The van der Waals surface area contributed by atoms with Crippen LogP contribution in [0.1, 0.15) is 22.2 Å². The van der Waals surface area contributed by atoms with Crippen molar-refractivity contribution in [3.63, 3.8) is 0 Å². The second-order valence-electron chi connectivity index (χ2n) is 6.67. The van der Waals surface area contributed by atoms with Gasteiger partial charge in [-0.1, -0.05) is 23.2 Å². The summed E-state index contributed by atoms with van der Waals surface area (Å²) in [7, 11) is 0. The molecule has 0 fully saturated rings. The van der Waals surface area contributed by atoms with Gasteiger partial charge in [0.2, 0.25) is 0 Å². The lowest BCUT2D eigenvalue weighted by Crippen LogP contribution is -2.21. The number of ether oxygens (including phenoxy) is 2. The van der Waals surface area contributed by atoms with Crippen LogP contribution in [-0.4, -0.2) is 30.0 Å². The van der Waals surface area contributed by atoms with E-state index in [0.29, 0.717) is 16.1 Å². The quantitative estimate of drug-likeness (QED) is 0.222. The maximum Gasteiger partial charge on any atom is 0.341 e. The molecule has 3 rings (SSSR count). The third-order valence-electron chi connectivity index (χ3n) is 4.44. The smallest absolute Gasteiger partial charge is 0.341 e. The van der Waals surface area contributed by atoms with Crippen molar-refractivity contribution >= 4 is 57.1 Å². The van der Waals surface area contributed by atoms with Gasteiger partial charge in [0.25, 0.3) is 11.6 Å². The SMILES string of the molecule is CCOC(=O)c1c(NC(=O)COc2ccc(Cl)cc2Cl)sc(C)c1-c1ccc([N+](=O)[O-])cc1. The molecule has 0 aliphatic carbocycles. The first-order valence-electron chi connectivity index (χ1n) is 9.64. The molecule has 1 aromatic heterocycles. The van der Waals surface area contributed by atoms with Gasteiger partial charge in [-0.25, -0.2) is 4.79 Å². The largest absolute Gasteiger partial charge is 0.482 e. The molecule has 1 amide bonds. The molecule has 0 aliphatic heterocycles. The van der Waals surface area contributed by atoms with Gasteiger partial charge in [0.05, 0.1) is 16.6 Å². The van der Waals surface area contributed by atoms with E-state index in [1.807, 2.05) is 0 Å². The number of benzene rings is 2. The number of carbonyl (C=O) groups is 2. The average Bonchev–Trinajstić information content (AvgIpc) is 3.08. The number of nitrogens with one attached hydrogen (secondary N) is 1.